The Balaban J connectivity index is 1.70. The maximum Gasteiger partial charge on any atom is 0.357 e. The van der Waals surface area contributed by atoms with Crippen molar-refractivity contribution in [2.24, 2.45) is 0 Å². The molecule has 1 spiro atoms. The highest BCUT2D eigenvalue weighted by Gasteiger charge is 2.45. The Kier molecular flexibility index (Phi) is 3.50. The number of hydrogen-bond acceptors (Lipinski definition) is 5. The van der Waals surface area contributed by atoms with Gasteiger partial charge in [0.1, 0.15) is 0 Å². The average Bonchev–Trinajstić information content (AvgIpc) is 2.83. The van der Waals surface area contributed by atoms with Gasteiger partial charge >= 0.3 is 5.97 Å². The molecule has 0 unspecified atom stereocenters. The minimum absolute atomic E-state index is 0.316. The molecule has 2 aliphatic rings. The van der Waals surface area contributed by atoms with Crippen LogP contribution in [0.25, 0.3) is 0 Å². The predicted octanol–water partition coefficient (Wildman–Crippen LogP) is 1.17. The molecule has 3 rings (SSSR count). The molecule has 0 aliphatic carbocycles. The lowest BCUT2D eigenvalue weighted by molar-refractivity contribution is -0.232. The SMILES string of the molecule is O=C(ON1CCOC12CCNCC2)c1ccccc1. The van der Waals surface area contributed by atoms with Gasteiger partial charge in [-0.1, -0.05) is 18.2 Å². The normalized spacial score (nSPS) is 22.5. The highest BCUT2D eigenvalue weighted by molar-refractivity contribution is 5.89. The molecule has 0 atom stereocenters. The Morgan fingerprint density at radius 1 is 1.26 bits per heavy atom. The van der Waals surface area contributed by atoms with Crippen LogP contribution in [0, 0.1) is 0 Å². The summed E-state index contributed by atoms with van der Waals surface area (Å²) in [4.78, 5) is 17.6. The van der Waals surface area contributed by atoms with Crippen molar-refractivity contribution in [3.8, 4) is 0 Å². The number of hydroxylamine groups is 2. The summed E-state index contributed by atoms with van der Waals surface area (Å²) in [5.41, 5.74) is 0.147. The first kappa shape index (κ1) is 12.6. The molecule has 1 aromatic rings. The van der Waals surface area contributed by atoms with Crippen LogP contribution in [-0.2, 0) is 9.57 Å². The second-order valence-electron chi connectivity index (χ2n) is 4.89. The van der Waals surface area contributed by atoms with Crippen LogP contribution in [0.2, 0.25) is 0 Å². The summed E-state index contributed by atoms with van der Waals surface area (Å²) in [5.74, 6) is -0.316. The lowest BCUT2D eigenvalue weighted by Gasteiger charge is -2.38. The fourth-order valence-electron chi connectivity index (χ4n) is 2.66. The summed E-state index contributed by atoms with van der Waals surface area (Å²) in [6.07, 6.45) is 1.68. The molecule has 2 fully saturated rings. The smallest absolute Gasteiger partial charge is 0.357 e. The lowest BCUT2D eigenvalue weighted by Crippen LogP contribution is -2.52. The lowest BCUT2D eigenvalue weighted by atomic mass is 10.0. The van der Waals surface area contributed by atoms with Gasteiger partial charge in [0.2, 0.25) is 0 Å². The number of carbonyl (C=O) groups excluding carboxylic acids is 1. The summed E-state index contributed by atoms with van der Waals surface area (Å²) >= 11 is 0. The van der Waals surface area contributed by atoms with Gasteiger partial charge in [0, 0.05) is 12.8 Å². The van der Waals surface area contributed by atoms with Gasteiger partial charge in [0.25, 0.3) is 0 Å². The summed E-state index contributed by atoms with van der Waals surface area (Å²) in [5, 5.41) is 5.02. The average molecular weight is 262 g/mol. The third-order valence-corrected chi connectivity index (χ3v) is 3.71. The highest BCUT2D eigenvalue weighted by atomic mass is 16.8. The van der Waals surface area contributed by atoms with Gasteiger partial charge in [-0.2, -0.15) is 0 Å². The van der Waals surface area contributed by atoms with Crippen LogP contribution < -0.4 is 5.32 Å². The fraction of sp³-hybridized carbons (Fsp3) is 0.500. The molecule has 0 radical (unpaired) electrons. The molecule has 19 heavy (non-hydrogen) atoms. The number of nitrogens with zero attached hydrogens (tertiary/aromatic N) is 1. The molecule has 0 saturated carbocycles. The van der Waals surface area contributed by atoms with Crippen molar-refractivity contribution >= 4 is 5.97 Å². The third-order valence-electron chi connectivity index (χ3n) is 3.71. The van der Waals surface area contributed by atoms with Crippen LogP contribution in [0.5, 0.6) is 0 Å². The van der Waals surface area contributed by atoms with Crippen LogP contribution in [0.4, 0.5) is 0 Å². The van der Waals surface area contributed by atoms with Crippen molar-refractivity contribution in [1.82, 2.24) is 10.4 Å². The number of ether oxygens (including phenoxy) is 1. The number of nitrogens with one attached hydrogen (secondary N) is 1. The molecule has 0 amide bonds. The number of carbonyl (C=O) groups is 1. The third kappa shape index (κ3) is 2.49. The van der Waals surface area contributed by atoms with Crippen LogP contribution >= 0.6 is 0 Å². The van der Waals surface area contributed by atoms with E-state index >= 15 is 0 Å². The Bertz CT molecular complexity index is 443. The highest BCUT2D eigenvalue weighted by Crippen LogP contribution is 2.32. The van der Waals surface area contributed by atoms with Crippen LogP contribution in [0.1, 0.15) is 23.2 Å². The molecule has 5 nitrogen and oxygen atoms in total. The monoisotopic (exact) mass is 262 g/mol. The first-order chi connectivity index (χ1) is 9.30. The second-order valence-corrected chi connectivity index (χ2v) is 4.89. The predicted molar refractivity (Wildman–Crippen MR) is 69.4 cm³/mol. The van der Waals surface area contributed by atoms with Gasteiger partial charge in [0.05, 0.1) is 18.7 Å². The second kappa shape index (κ2) is 5.28. The van der Waals surface area contributed by atoms with E-state index in [4.69, 9.17) is 9.57 Å². The quantitative estimate of drug-likeness (QED) is 0.867. The number of rotatable bonds is 2. The van der Waals surface area contributed by atoms with Crippen molar-refractivity contribution < 1.29 is 14.4 Å². The van der Waals surface area contributed by atoms with Gasteiger partial charge in [-0.25, -0.2) is 4.79 Å². The van der Waals surface area contributed by atoms with E-state index in [1.165, 1.54) is 0 Å². The molecule has 2 saturated heterocycles. The molecular weight excluding hydrogens is 244 g/mol. The summed E-state index contributed by atoms with van der Waals surface area (Å²) < 4.78 is 5.84. The molecule has 2 aliphatic heterocycles. The maximum atomic E-state index is 12.1. The van der Waals surface area contributed by atoms with Gasteiger partial charge < -0.3 is 14.9 Å². The van der Waals surface area contributed by atoms with Gasteiger partial charge in [-0.05, 0) is 25.2 Å². The van der Waals surface area contributed by atoms with E-state index in [1.807, 2.05) is 18.2 Å². The van der Waals surface area contributed by atoms with Crippen molar-refractivity contribution in [2.75, 3.05) is 26.2 Å². The fourth-order valence-corrected chi connectivity index (χ4v) is 2.66. The van der Waals surface area contributed by atoms with Crippen LogP contribution in [0.15, 0.2) is 30.3 Å². The van der Waals surface area contributed by atoms with Gasteiger partial charge in [-0.15, -0.1) is 5.06 Å². The number of piperidine rings is 1. The van der Waals surface area contributed by atoms with Crippen molar-refractivity contribution in [3.05, 3.63) is 35.9 Å². The first-order valence-corrected chi connectivity index (χ1v) is 6.70. The summed E-state index contributed by atoms with van der Waals surface area (Å²) in [6.45, 7) is 3.03. The van der Waals surface area contributed by atoms with Crippen LogP contribution in [0.3, 0.4) is 0 Å². The molecular formula is C14H18N2O3. The Labute approximate surface area is 112 Å². The Morgan fingerprint density at radius 3 is 2.74 bits per heavy atom. The van der Waals surface area contributed by atoms with Gasteiger partial charge in [-0.3, -0.25) is 0 Å². The zero-order chi connectivity index (χ0) is 13.1. The van der Waals surface area contributed by atoms with E-state index in [0.29, 0.717) is 18.7 Å². The zero-order valence-electron chi connectivity index (χ0n) is 10.8. The Morgan fingerprint density at radius 2 is 2.00 bits per heavy atom. The standard InChI is InChI=1S/C14H18N2O3/c17-13(12-4-2-1-3-5-12)19-16-10-11-18-14(16)6-8-15-9-7-14/h1-5,15H,6-11H2. The van der Waals surface area contributed by atoms with E-state index in [1.54, 1.807) is 17.2 Å². The Hall–Kier alpha value is -1.43. The van der Waals surface area contributed by atoms with Crippen LogP contribution in [-0.4, -0.2) is 43.0 Å². The zero-order valence-corrected chi connectivity index (χ0v) is 10.8. The van der Waals surface area contributed by atoms with E-state index < -0.39 is 5.72 Å². The number of benzene rings is 1. The molecule has 0 bridgehead atoms. The maximum absolute atomic E-state index is 12.1. The van der Waals surface area contributed by atoms with Gasteiger partial charge in [0.15, 0.2) is 5.72 Å². The van der Waals surface area contributed by atoms with E-state index in [2.05, 4.69) is 5.32 Å². The molecule has 1 aromatic carbocycles. The first-order valence-electron chi connectivity index (χ1n) is 6.70. The molecule has 102 valence electrons. The minimum atomic E-state index is -0.421. The topological polar surface area (TPSA) is 50.8 Å². The minimum Gasteiger partial charge on any atom is -0.361 e. The number of hydrogen-bond donors (Lipinski definition) is 1. The van der Waals surface area contributed by atoms with Crippen molar-refractivity contribution in [2.45, 2.75) is 18.6 Å². The van der Waals surface area contributed by atoms with Crippen molar-refractivity contribution in [3.63, 3.8) is 0 Å². The van der Waals surface area contributed by atoms with E-state index in [-0.39, 0.29) is 5.97 Å². The summed E-state index contributed by atoms with van der Waals surface area (Å²) in [7, 11) is 0. The molecule has 1 N–H and O–H groups in total. The molecule has 5 heteroatoms. The largest absolute Gasteiger partial charge is 0.361 e. The van der Waals surface area contributed by atoms with Crippen molar-refractivity contribution in [1.29, 1.82) is 0 Å². The summed E-state index contributed by atoms with van der Waals surface area (Å²) in [6, 6.07) is 9.06. The van der Waals surface area contributed by atoms with E-state index in [0.717, 1.165) is 25.9 Å². The molecule has 0 aromatic heterocycles. The molecule has 2 heterocycles. The van der Waals surface area contributed by atoms with E-state index in [9.17, 15) is 4.79 Å².